The molecular weight excluding hydrogens is 296 g/mol. The van der Waals surface area contributed by atoms with Crippen LogP contribution in [0.15, 0.2) is 17.5 Å². The minimum Gasteiger partial charge on any atom is -0.358 e. The van der Waals surface area contributed by atoms with Crippen LogP contribution in [0.4, 0.5) is 0 Å². The van der Waals surface area contributed by atoms with E-state index < -0.39 is 0 Å². The van der Waals surface area contributed by atoms with Crippen LogP contribution in [0.2, 0.25) is 0 Å². The molecule has 1 aliphatic rings. The molecule has 0 atom stereocenters. The lowest BCUT2D eigenvalue weighted by Crippen LogP contribution is -2.30. The predicted molar refractivity (Wildman–Crippen MR) is 86.7 cm³/mol. The van der Waals surface area contributed by atoms with Gasteiger partial charge in [0.2, 0.25) is 5.91 Å². The standard InChI is InChI=1S/C13H18N2OS3/c1-14(9-11-5-4-8-18-11)12(16)10-19-13(17)15-6-2-3-7-15/h4-5,8H,2-3,6-7,9-10H2,1H3. The lowest BCUT2D eigenvalue weighted by Gasteiger charge is -2.19. The van der Waals surface area contributed by atoms with Gasteiger partial charge in [0.05, 0.1) is 12.3 Å². The van der Waals surface area contributed by atoms with Crippen molar-refractivity contribution in [2.75, 3.05) is 25.9 Å². The number of nitrogens with zero attached hydrogens (tertiary/aromatic N) is 2. The first-order valence-corrected chi connectivity index (χ1v) is 8.62. The molecule has 3 nitrogen and oxygen atoms in total. The van der Waals surface area contributed by atoms with Crippen LogP contribution in [0.25, 0.3) is 0 Å². The van der Waals surface area contributed by atoms with E-state index >= 15 is 0 Å². The first-order chi connectivity index (χ1) is 9.16. The van der Waals surface area contributed by atoms with Gasteiger partial charge < -0.3 is 9.80 Å². The molecule has 0 spiro atoms. The fraction of sp³-hybridized carbons (Fsp3) is 0.538. The molecule has 104 valence electrons. The highest BCUT2D eigenvalue weighted by atomic mass is 32.2. The van der Waals surface area contributed by atoms with Gasteiger partial charge in [-0.1, -0.05) is 30.0 Å². The Kier molecular flexibility index (Phi) is 5.66. The number of rotatable bonds is 4. The fourth-order valence-electron chi connectivity index (χ4n) is 1.95. The average molecular weight is 315 g/mol. The van der Waals surface area contributed by atoms with E-state index in [1.54, 1.807) is 16.2 Å². The number of carbonyl (C=O) groups excluding carboxylic acids is 1. The Morgan fingerprint density at radius 2 is 2.26 bits per heavy atom. The number of likely N-dealkylation sites (tertiary alicyclic amines) is 1. The van der Waals surface area contributed by atoms with E-state index in [9.17, 15) is 4.79 Å². The zero-order valence-corrected chi connectivity index (χ0v) is 13.5. The van der Waals surface area contributed by atoms with Crippen molar-refractivity contribution in [1.29, 1.82) is 0 Å². The minimum absolute atomic E-state index is 0.139. The first-order valence-electron chi connectivity index (χ1n) is 6.35. The van der Waals surface area contributed by atoms with Crippen LogP contribution in [0.5, 0.6) is 0 Å². The molecule has 1 aliphatic heterocycles. The topological polar surface area (TPSA) is 23.6 Å². The van der Waals surface area contributed by atoms with Crippen molar-refractivity contribution < 1.29 is 4.79 Å². The van der Waals surface area contributed by atoms with Gasteiger partial charge in [-0.3, -0.25) is 4.79 Å². The van der Waals surface area contributed by atoms with Crippen molar-refractivity contribution in [1.82, 2.24) is 9.80 Å². The molecule has 0 bridgehead atoms. The largest absolute Gasteiger partial charge is 0.358 e. The number of amides is 1. The molecule has 2 heterocycles. The van der Waals surface area contributed by atoms with E-state index in [4.69, 9.17) is 12.2 Å². The Morgan fingerprint density at radius 1 is 1.53 bits per heavy atom. The summed E-state index contributed by atoms with van der Waals surface area (Å²) in [6.45, 7) is 2.78. The summed E-state index contributed by atoms with van der Waals surface area (Å²) in [6, 6.07) is 4.06. The number of carbonyl (C=O) groups is 1. The molecule has 0 radical (unpaired) electrons. The van der Waals surface area contributed by atoms with E-state index in [1.165, 1.54) is 29.5 Å². The molecule has 6 heteroatoms. The molecule has 0 N–H and O–H groups in total. The normalized spacial score (nSPS) is 14.7. The van der Waals surface area contributed by atoms with Crippen molar-refractivity contribution in [3.8, 4) is 0 Å². The van der Waals surface area contributed by atoms with E-state index in [0.29, 0.717) is 12.3 Å². The lowest BCUT2D eigenvalue weighted by atomic mass is 10.4. The Bertz CT molecular complexity index is 427. The molecule has 0 saturated carbocycles. The van der Waals surface area contributed by atoms with Crippen LogP contribution in [-0.4, -0.2) is 45.9 Å². The molecule has 0 unspecified atom stereocenters. The summed E-state index contributed by atoms with van der Waals surface area (Å²) in [4.78, 5) is 17.2. The van der Waals surface area contributed by atoms with Crippen molar-refractivity contribution >= 4 is 45.5 Å². The van der Waals surface area contributed by atoms with Crippen LogP contribution in [-0.2, 0) is 11.3 Å². The number of hydrogen-bond acceptors (Lipinski definition) is 4. The van der Waals surface area contributed by atoms with Crippen LogP contribution in [0.3, 0.4) is 0 Å². The second-order valence-electron chi connectivity index (χ2n) is 4.58. The summed E-state index contributed by atoms with van der Waals surface area (Å²) in [6.07, 6.45) is 2.43. The third-order valence-electron chi connectivity index (χ3n) is 3.08. The maximum absolute atomic E-state index is 12.0. The quantitative estimate of drug-likeness (QED) is 0.797. The van der Waals surface area contributed by atoms with Crippen LogP contribution >= 0.6 is 35.3 Å². The van der Waals surface area contributed by atoms with Crippen molar-refractivity contribution in [2.24, 2.45) is 0 Å². The number of thiocarbonyl (C=S) groups is 1. The van der Waals surface area contributed by atoms with Gasteiger partial charge in [0.25, 0.3) is 0 Å². The first kappa shape index (κ1) is 14.8. The van der Waals surface area contributed by atoms with Crippen LogP contribution < -0.4 is 0 Å². The molecule has 19 heavy (non-hydrogen) atoms. The highest BCUT2D eigenvalue weighted by Gasteiger charge is 2.17. The molecule has 1 fully saturated rings. The Morgan fingerprint density at radius 3 is 2.89 bits per heavy atom. The fourth-order valence-corrected chi connectivity index (χ4v) is 3.90. The molecular formula is C13H18N2OS3. The zero-order valence-electron chi connectivity index (χ0n) is 11.0. The van der Waals surface area contributed by atoms with Crippen LogP contribution in [0.1, 0.15) is 17.7 Å². The summed E-state index contributed by atoms with van der Waals surface area (Å²) < 4.78 is 0.871. The molecule has 1 aromatic heterocycles. The van der Waals surface area contributed by atoms with E-state index in [-0.39, 0.29) is 5.91 Å². The van der Waals surface area contributed by atoms with Crippen LogP contribution in [0, 0.1) is 0 Å². The molecule has 1 saturated heterocycles. The number of thioether (sulfide) groups is 1. The molecule has 2 rings (SSSR count). The monoisotopic (exact) mass is 314 g/mol. The Hall–Kier alpha value is -0.590. The summed E-state index contributed by atoms with van der Waals surface area (Å²) >= 11 is 8.53. The summed E-state index contributed by atoms with van der Waals surface area (Å²) in [7, 11) is 1.85. The highest BCUT2D eigenvalue weighted by molar-refractivity contribution is 8.23. The van der Waals surface area contributed by atoms with Gasteiger partial charge in [-0.05, 0) is 24.3 Å². The summed E-state index contributed by atoms with van der Waals surface area (Å²) in [5.74, 6) is 0.581. The third-order valence-corrected chi connectivity index (χ3v) is 5.45. The SMILES string of the molecule is CN(Cc1cccs1)C(=O)CSC(=S)N1CCCC1. The maximum atomic E-state index is 12.0. The lowest BCUT2D eigenvalue weighted by molar-refractivity contribution is -0.127. The second kappa shape index (κ2) is 7.26. The number of thiophene rings is 1. The van der Waals surface area contributed by atoms with Crippen molar-refractivity contribution in [2.45, 2.75) is 19.4 Å². The molecule has 0 aromatic carbocycles. The van der Waals surface area contributed by atoms with Gasteiger partial charge in [0.1, 0.15) is 4.32 Å². The number of hydrogen-bond donors (Lipinski definition) is 0. The van der Waals surface area contributed by atoms with Crippen molar-refractivity contribution in [3.63, 3.8) is 0 Å². The van der Waals surface area contributed by atoms with Gasteiger partial charge in [0.15, 0.2) is 0 Å². The maximum Gasteiger partial charge on any atom is 0.233 e. The van der Waals surface area contributed by atoms with Gasteiger partial charge in [-0.25, -0.2) is 0 Å². The van der Waals surface area contributed by atoms with Gasteiger partial charge >= 0.3 is 0 Å². The van der Waals surface area contributed by atoms with E-state index in [0.717, 1.165) is 17.4 Å². The molecule has 0 aliphatic carbocycles. The molecule has 1 aromatic rings. The predicted octanol–water partition coefficient (Wildman–Crippen LogP) is 2.82. The second-order valence-corrected chi connectivity index (χ2v) is 7.22. The Balaban J connectivity index is 1.72. The summed E-state index contributed by atoms with van der Waals surface area (Å²) in [5, 5.41) is 2.03. The highest BCUT2D eigenvalue weighted by Crippen LogP contribution is 2.17. The summed E-state index contributed by atoms with van der Waals surface area (Å²) in [5.41, 5.74) is 0. The van der Waals surface area contributed by atoms with Gasteiger partial charge in [-0.2, -0.15) is 0 Å². The Labute approximate surface area is 128 Å². The van der Waals surface area contributed by atoms with Gasteiger partial charge in [-0.15, -0.1) is 11.3 Å². The zero-order chi connectivity index (χ0) is 13.7. The molecule has 1 amide bonds. The van der Waals surface area contributed by atoms with E-state index in [1.807, 2.05) is 18.5 Å². The average Bonchev–Trinajstić information content (AvgIpc) is 3.07. The minimum atomic E-state index is 0.139. The van der Waals surface area contributed by atoms with E-state index in [2.05, 4.69) is 11.0 Å². The van der Waals surface area contributed by atoms with Gasteiger partial charge in [0, 0.05) is 25.0 Å². The third kappa shape index (κ3) is 4.47. The van der Waals surface area contributed by atoms with Crippen molar-refractivity contribution in [3.05, 3.63) is 22.4 Å². The smallest absolute Gasteiger partial charge is 0.233 e.